The van der Waals surface area contributed by atoms with Gasteiger partial charge in [0.25, 0.3) is 5.56 Å². The molecule has 1 N–H and O–H groups in total. The zero-order valence-electron chi connectivity index (χ0n) is 11.6. The molecule has 0 saturated heterocycles. The van der Waals surface area contributed by atoms with E-state index in [1.807, 2.05) is 13.0 Å². The first kappa shape index (κ1) is 15.1. The van der Waals surface area contributed by atoms with Crippen molar-refractivity contribution in [1.82, 2.24) is 9.97 Å². The molecule has 0 bridgehead atoms. The number of H-pyrrole nitrogens is 1. The third-order valence-electron chi connectivity index (χ3n) is 3.22. The highest BCUT2D eigenvalue weighted by atomic mass is 35.5. The molecule has 1 aromatic heterocycles. The van der Waals surface area contributed by atoms with Gasteiger partial charge in [0.05, 0.1) is 21.2 Å². The number of aromatic nitrogens is 2. The van der Waals surface area contributed by atoms with Crippen LogP contribution in [0.15, 0.2) is 52.2 Å². The van der Waals surface area contributed by atoms with Gasteiger partial charge in [-0.1, -0.05) is 23.7 Å². The van der Waals surface area contributed by atoms with Crippen LogP contribution in [-0.4, -0.2) is 9.97 Å². The van der Waals surface area contributed by atoms with Gasteiger partial charge in [-0.2, -0.15) is 0 Å². The minimum absolute atomic E-state index is 0.0807. The molecular weight excluding hydrogens is 323 g/mol. The van der Waals surface area contributed by atoms with Gasteiger partial charge in [0.1, 0.15) is 11.6 Å². The first-order chi connectivity index (χ1) is 10.5. The van der Waals surface area contributed by atoms with Crippen molar-refractivity contribution in [1.29, 1.82) is 0 Å². The molecule has 0 saturated carbocycles. The summed E-state index contributed by atoms with van der Waals surface area (Å²) in [5.74, 6) is 0.130. The quantitative estimate of drug-likeness (QED) is 0.714. The zero-order chi connectivity index (χ0) is 15.7. The second kappa shape index (κ2) is 6.10. The summed E-state index contributed by atoms with van der Waals surface area (Å²) in [6.45, 7) is 1.93. The van der Waals surface area contributed by atoms with Crippen LogP contribution >= 0.6 is 23.4 Å². The Morgan fingerprint density at radius 3 is 2.82 bits per heavy atom. The maximum atomic E-state index is 13.2. The van der Waals surface area contributed by atoms with Gasteiger partial charge in [-0.15, -0.1) is 11.8 Å². The van der Waals surface area contributed by atoms with Crippen molar-refractivity contribution in [3.05, 3.63) is 69.5 Å². The van der Waals surface area contributed by atoms with Crippen molar-refractivity contribution in [2.45, 2.75) is 17.1 Å². The molecule has 3 rings (SSSR count). The monoisotopic (exact) mass is 334 g/mol. The number of halogens is 2. The van der Waals surface area contributed by atoms with Crippen molar-refractivity contribution in [3.8, 4) is 0 Å². The summed E-state index contributed by atoms with van der Waals surface area (Å²) in [7, 11) is 0. The van der Waals surface area contributed by atoms with Crippen LogP contribution < -0.4 is 5.56 Å². The van der Waals surface area contributed by atoms with E-state index in [9.17, 15) is 9.18 Å². The summed E-state index contributed by atoms with van der Waals surface area (Å²) in [6, 6.07) is 11.7. The Kier molecular flexibility index (Phi) is 4.18. The lowest BCUT2D eigenvalue weighted by Gasteiger charge is -2.11. The minimum atomic E-state index is -0.448. The van der Waals surface area contributed by atoms with Gasteiger partial charge >= 0.3 is 0 Å². The van der Waals surface area contributed by atoms with Crippen molar-refractivity contribution >= 4 is 34.3 Å². The molecule has 0 aliphatic carbocycles. The lowest BCUT2D eigenvalue weighted by atomic mass is 10.2. The third-order valence-corrected chi connectivity index (χ3v) is 4.61. The molecule has 3 aromatic rings. The Morgan fingerprint density at radius 1 is 1.27 bits per heavy atom. The van der Waals surface area contributed by atoms with E-state index in [0.717, 1.165) is 4.90 Å². The van der Waals surface area contributed by atoms with Crippen LogP contribution in [0, 0.1) is 5.82 Å². The molecule has 22 heavy (non-hydrogen) atoms. The third kappa shape index (κ3) is 3.00. The largest absolute Gasteiger partial charge is 0.309 e. The van der Waals surface area contributed by atoms with Gasteiger partial charge in [-0.3, -0.25) is 4.79 Å². The van der Waals surface area contributed by atoms with Gasteiger partial charge in [0.2, 0.25) is 0 Å². The van der Waals surface area contributed by atoms with E-state index in [0.29, 0.717) is 16.7 Å². The normalized spacial score (nSPS) is 12.5. The number of aromatic amines is 1. The number of nitrogens with zero attached hydrogens (tertiary/aromatic N) is 1. The first-order valence-corrected chi connectivity index (χ1v) is 7.91. The molecular formula is C16H12ClFN2OS. The second-order valence-electron chi connectivity index (χ2n) is 4.80. The Labute approximate surface area is 135 Å². The highest BCUT2D eigenvalue weighted by Gasteiger charge is 2.13. The van der Waals surface area contributed by atoms with E-state index in [1.165, 1.54) is 17.8 Å². The second-order valence-corrected chi connectivity index (χ2v) is 6.63. The summed E-state index contributed by atoms with van der Waals surface area (Å²) in [6.07, 6.45) is 0. The summed E-state index contributed by atoms with van der Waals surface area (Å²) in [5, 5.41) is 0.546. The van der Waals surface area contributed by atoms with Gasteiger partial charge in [-0.25, -0.2) is 9.37 Å². The van der Waals surface area contributed by atoms with E-state index in [2.05, 4.69) is 9.97 Å². The molecule has 3 nitrogen and oxygen atoms in total. The predicted octanol–water partition coefficient (Wildman–Crippen LogP) is 4.57. The average molecular weight is 335 g/mol. The molecule has 0 unspecified atom stereocenters. The molecule has 2 aromatic carbocycles. The van der Waals surface area contributed by atoms with Crippen LogP contribution in [0.3, 0.4) is 0 Å². The number of nitrogens with one attached hydrogen (secondary N) is 1. The standard InChI is InChI=1S/C16H12ClFN2OS/c1-9(22-10-6-7-13(18)12(17)8-10)15-19-14-5-3-2-4-11(14)16(21)20-15/h2-9H,1H3,(H,19,20,21)/t9-/m1/s1. The minimum Gasteiger partial charge on any atom is -0.309 e. The van der Waals surface area contributed by atoms with Crippen LogP contribution in [-0.2, 0) is 0 Å². The van der Waals surface area contributed by atoms with E-state index < -0.39 is 5.82 Å². The number of para-hydroxylation sites is 1. The fourth-order valence-corrected chi connectivity index (χ4v) is 3.32. The Hall–Kier alpha value is -1.85. The fourth-order valence-electron chi connectivity index (χ4n) is 2.11. The molecule has 0 aliphatic rings. The van der Waals surface area contributed by atoms with E-state index in [1.54, 1.807) is 30.3 Å². The number of rotatable bonds is 3. The van der Waals surface area contributed by atoms with Gasteiger partial charge < -0.3 is 4.98 Å². The van der Waals surface area contributed by atoms with Crippen molar-refractivity contribution < 1.29 is 4.39 Å². The van der Waals surface area contributed by atoms with Crippen molar-refractivity contribution in [2.24, 2.45) is 0 Å². The fraction of sp³-hybridized carbons (Fsp3) is 0.125. The lowest BCUT2D eigenvalue weighted by Crippen LogP contribution is -2.12. The zero-order valence-corrected chi connectivity index (χ0v) is 13.2. The van der Waals surface area contributed by atoms with Crippen LogP contribution in [0.25, 0.3) is 10.9 Å². The molecule has 1 heterocycles. The summed E-state index contributed by atoms with van der Waals surface area (Å²) in [4.78, 5) is 20.2. The number of fused-ring (bicyclic) bond motifs is 1. The molecule has 0 spiro atoms. The van der Waals surface area contributed by atoms with Gasteiger partial charge in [0.15, 0.2) is 0 Å². The first-order valence-electron chi connectivity index (χ1n) is 6.65. The lowest BCUT2D eigenvalue weighted by molar-refractivity contribution is 0.627. The maximum Gasteiger partial charge on any atom is 0.258 e. The SMILES string of the molecule is C[C@@H](Sc1ccc(F)c(Cl)c1)c1nc2ccccc2c(=O)[nH]1. The summed E-state index contributed by atoms with van der Waals surface area (Å²) < 4.78 is 13.2. The molecule has 0 amide bonds. The number of benzene rings is 2. The number of hydrogen-bond donors (Lipinski definition) is 1. The van der Waals surface area contributed by atoms with Gasteiger partial charge in [0, 0.05) is 4.90 Å². The number of hydrogen-bond acceptors (Lipinski definition) is 3. The van der Waals surface area contributed by atoms with Crippen LogP contribution in [0.5, 0.6) is 0 Å². The van der Waals surface area contributed by atoms with Crippen LogP contribution in [0.4, 0.5) is 4.39 Å². The highest BCUT2D eigenvalue weighted by molar-refractivity contribution is 7.99. The summed E-state index contributed by atoms with van der Waals surface area (Å²) in [5.41, 5.74) is 0.496. The Bertz CT molecular complexity index is 897. The average Bonchev–Trinajstić information content (AvgIpc) is 2.51. The van der Waals surface area contributed by atoms with Gasteiger partial charge in [-0.05, 0) is 37.3 Å². The Morgan fingerprint density at radius 2 is 2.05 bits per heavy atom. The highest BCUT2D eigenvalue weighted by Crippen LogP contribution is 2.34. The van der Waals surface area contributed by atoms with Crippen molar-refractivity contribution in [3.63, 3.8) is 0 Å². The molecule has 1 atom stereocenters. The molecule has 0 radical (unpaired) electrons. The van der Waals surface area contributed by atoms with Crippen LogP contribution in [0.1, 0.15) is 18.0 Å². The molecule has 112 valence electrons. The smallest absolute Gasteiger partial charge is 0.258 e. The number of thioether (sulfide) groups is 1. The molecule has 0 fully saturated rings. The van der Waals surface area contributed by atoms with E-state index in [-0.39, 0.29) is 15.8 Å². The molecule has 6 heteroatoms. The van der Waals surface area contributed by atoms with E-state index >= 15 is 0 Å². The van der Waals surface area contributed by atoms with Crippen LogP contribution in [0.2, 0.25) is 5.02 Å². The molecule has 0 aliphatic heterocycles. The topological polar surface area (TPSA) is 45.8 Å². The van der Waals surface area contributed by atoms with E-state index in [4.69, 9.17) is 11.6 Å². The predicted molar refractivity (Wildman–Crippen MR) is 88.0 cm³/mol. The Balaban J connectivity index is 1.93. The summed E-state index contributed by atoms with van der Waals surface area (Å²) >= 11 is 7.24. The maximum absolute atomic E-state index is 13.2. The van der Waals surface area contributed by atoms with Crippen molar-refractivity contribution in [2.75, 3.05) is 0 Å².